The maximum atomic E-state index is 8.61. The van der Waals surface area contributed by atoms with Gasteiger partial charge in [0.1, 0.15) is 0 Å². The van der Waals surface area contributed by atoms with Gasteiger partial charge in [-0.15, -0.1) is 0 Å². The number of nitrogens with zero attached hydrogens (tertiary/aromatic N) is 1. The molecule has 1 heterocycles. The van der Waals surface area contributed by atoms with Crippen LogP contribution in [0.4, 0.5) is 0 Å². The molecule has 0 saturated heterocycles. The molecule has 1 N–H and O–H groups in total. The Morgan fingerprint density at radius 3 is 2.80 bits per heavy atom. The molecule has 1 rings (SSSR count). The van der Waals surface area contributed by atoms with Gasteiger partial charge in [-0.1, -0.05) is 18.7 Å². The van der Waals surface area contributed by atoms with Gasteiger partial charge in [-0.05, 0) is 11.6 Å². The number of hydrogen-bond donors (Lipinski definition) is 1. The molecule has 0 aliphatic rings. The first kappa shape index (κ1) is 6.96. The van der Waals surface area contributed by atoms with Crippen LogP contribution in [0.1, 0.15) is 11.3 Å². The van der Waals surface area contributed by atoms with Crippen molar-refractivity contribution in [1.29, 1.82) is 0 Å². The number of aromatic nitrogens is 1. The minimum Gasteiger partial charge on any atom is -0.390 e. The van der Waals surface area contributed by atoms with E-state index in [1.54, 1.807) is 18.3 Å². The molecule has 0 saturated carbocycles. The molecule has 0 bridgehead atoms. The van der Waals surface area contributed by atoms with Crippen LogP contribution in [0.3, 0.4) is 0 Å². The third-order valence-corrected chi connectivity index (χ3v) is 1.25. The Hall–Kier alpha value is -1.15. The summed E-state index contributed by atoms with van der Waals surface area (Å²) in [6.07, 6.45) is 3.40. The lowest BCUT2D eigenvalue weighted by Gasteiger charge is -1.94. The molecule has 0 amide bonds. The highest BCUT2D eigenvalue weighted by atomic mass is 16.3. The zero-order chi connectivity index (χ0) is 7.40. The third kappa shape index (κ3) is 1.42. The van der Waals surface area contributed by atoms with Crippen molar-refractivity contribution in [3.05, 3.63) is 36.2 Å². The maximum absolute atomic E-state index is 8.61. The Balaban J connectivity index is 2.90. The monoisotopic (exact) mass is 135 g/mol. The van der Waals surface area contributed by atoms with Crippen LogP contribution in [-0.4, -0.2) is 10.1 Å². The molecule has 10 heavy (non-hydrogen) atoms. The summed E-state index contributed by atoms with van der Waals surface area (Å²) >= 11 is 0. The molecular weight excluding hydrogens is 126 g/mol. The number of hydrogen-bond acceptors (Lipinski definition) is 2. The summed E-state index contributed by atoms with van der Waals surface area (Å²) in [5, 5.41) is 8.61. The van der Waals surface area contributed by atoms with E-state index < -0.39 is 0 Å². The van der Waals surface area contributed by atoms with E-state index in [1.807, 2.05) is 6.07 Å². The smallest absolute Gasteiger partial charge is 0.0852 e. The van der Waals surface area contributed by atoms with Crippen LogP contribution < -0.4 is 0 Å². The molecule has 0 aliphatic carbocycles. The number of aliphatic hydroxyl groups excluding tert-OH is 1. The molecule has 0 atom stereocenters. The van der Waals surface area contributed by atoms with E-state index in [-0.39, 0.29) is 6.61 Å². The lowest BCUT2D eigenvalue weighted by atomic mass is 10.2. The molecule has 0 spiro atoms. The highest BCUT2D eigenvalue weighted by molar-refractivity contribution is 5.44. The summed E-state index contributed by atoms with van der Waals surface area (Å²) in [6.45, 7) is 3.58. The average Bonchev–Trinajstić information content (AvgIpc) is 2.05. The van der Waals surface area contributed by atoms with Crippen molar-refractivity contribution in [3.8, 4) is 0 Å². The lowest BCUT2D eigenvalue weighted by Crippen LogP contribution is -1.87. The predicted molar refractivity (Wildman–Crippen MR) is 40.3 cm³/mol. The van der Waals surface area contributed by atoms with E-state index in [2.05, 4.69) is 11.6 Å². The van der Waals surface area contributed by atoms with Crippen LogP contribution in [0.5, 0.6) is 0 Å². The molecule has 0 aromatic carbocycles. The SMILES string of the molecule is C=Cc1ccc(CO)nc1. The minimum atomic E-state index is -0.00256. The summed E-state index contributed by atoms with van der Waals surface area (Å²) < 4.78 is 0. The van der Waals surface area contributed by atoms with Gasteiger partial charge in [-0.2, -0.15) is 0 Å². The first-order valence-electron chi connectivity index (χ1n) is 3.05. The third-order valence-electron chi connectivity index (χ3n) is 1.25. The zero-order valence-corrected chi connectivity index (χ0v) is 5.62. The topological polar surface area (TPSA) is 33.1 Å². The highest BCUT2D eigenvalue weighted by Gasteiger charge is 1.88. The lowest BCUT2D eigenvalue weighted by molar-refractivity contribution is 0.277. The molecule has 0 fully saturated rings. The molecule has 0 unspecified atom stereocenters. The van der Waals surface area contributed by atoms with Crippen LogP contribution in [0.25, 0.3) is 6.08 Å². The molecule has 2 heteroatoms. The van der Waals surface area contributed by atoms with Gasteiger partial charge in [-0.3, -0.25) is 4.98 Å². The Morgan fingerprint density at radius 2 is 2.40 bits per heavy atom. The molecule has 52 valence electrons. The van der Waals surface area contributed by atoms with Crippen LogP contribution in [0, 0.1) is 0 Å². The Bertz CT molecular complexity index is 215. The van der Waals surface area contributed by atoms with Crippen LogP contribution >= 0.6 is 0 Å². The fourth-order valence-electron chi connectivity index (χ4n) is 0.650. The van der Waals surface area contributed by atoms with Crippen molar-refractivity contribution >= 4 is 6.08 Å². The van der Waals surface area contributed by atoms with Crippen molar-refractivity contribution < 1.29 is 5.11 Å². The summed E-state index contributed by atoms with van der Waals surface area (Å²) in [4.78, 5) is 3.95. The van der Waals surface area contributed by atoms with Crippen LogP contribution in [0.2, 0.25) is 0 Å². The summed E-state index contributed by atoms with van der Waals surface area (Å²) in [7, 11) is 0. The van der Waals surface area contributed by atoms with Crippen molar-refractivity contribution in [1.82, 2.24) is 4.98 Å². The second kappa shape index (κ2) is 3.13. The molecule has 1 aromatic heterocycles. The van der Waals surface area contributed by atoms with Crippen molar-refractivity contribution in [2.45, 2.75) is 6.61 Å². The first-order valence-corrected chi connectivity index (χ1v) is 3.05. The Labute approximate surface area is 59.9 Å². The van der Waals surface area contributed by atoms with Gasteiger partial charge >= 0.3 is 0 Å². The van der Waals surface area contributed by atoms with Gasteiger partial charge in [0.15, 0.2) is 0 Å². The largest absolute Gasteiger partial charge is 0.390 e. The van der Waals surface area contributed by atoms with E-state index >= 15 is 0 Å². The van der Waals surface area contributed by atoms with E-state index in [9.17, 15) is 0 Å². The Morgan fingerprint density at radius 1 is 1.60 bits per heavy atom. The van der Waals surface area contributed by atoms with Gasteiger partial charge in [0.2, 0.25) is 0 Å². The molecule has 1 aromatic rings. The fraction of sp³-hybridized carbons (Fsp3) is 0.125. The average molecular weight is 135 g/mol. The van der Waals surface area contributed by atoms with Gasteiger partial charge < -0.3 is 5.11 Å². The zero-order valence-electron chi connectivity index (χ0n) is 5.62. The standard InChI is InChI=1S/C8H9NO/c1-2-7-3-4-8(6-10)9-5-7/h2-5,10H,1,6H2. The number of aliphatic hydroxyl groups is 1. The molecular formula is C8H9NO. The molecule has 0 aliphatic heterocycles. The summed E-state index contributed by atoms with van der Waals surface area (Å²) in [6, 6.07) is 3.64. The van der Waals surface area contributed by atoms with Crippen molar-refractivity contribution in [2.24, 2.45) is 0 Å². The second-order valence-electron chi connectivity index (χ2n) is 1.95. The normalized spacial score (nSPS) is 9.30. The minimum absolute atomic E-state index is 0.00256. The first-order chi connectivity index (χ1) is 4.86. The van der Waals surface area contributed by atoms with Gasteiger partial charge in [0.25, 0.3) is 0 Å². The number of rotatable bonds is 2. The van der Waals surface area contributed by atoms with E-state index in [0.717, 1.165) is 5.56 Å². The van der Waals surface area contributed by atoms with E-state index in [1.165, 1.54) is 0 Å². The van der Waals surface area contributed by atoms with Crippen LogP contribution in [-0.2, 0) is 6.61 Å². The summed E-state index contributed by atoms with van der Waals surface area (Å²) in [5.41, 5.74) is 1.66. The van der Waals surface area contributed by atoms with Crippen molar-refractivity contribution in [3.63, 3.8) is 0 Å². The quantitative estimate of drug-likeness (QED) is 0.661. The molecule has 2 nitrogen and oxygen atoms in total. The van der Waals surface area contributed by atoms with Gasteiger partial charge in [-0.25, -0.2) is 0 Å². The maximum Gasteiger partial charge on any atom is 0.0852 e. The van der Waals surface area contributed by atoms with Crippen LogP contribution in [0.15, 0.2) is 24.9 Å². The second-order valence-corrected chi connectivity index (χ2v) is 1.95. The summed E-state index contributed by atoms with van der Waals surface area (Å²) in [5.74, 6) is 0. The van der Waals surface area contributed by atoms with Gasteiger partial charge in [0.05, 0.1) is 12.3 Å². The van der Waals surface area contributed by atoms with Gasteiger partial charge in [0, 0.05) is 6.20 Å². The molecule has 0 radical (unpaired) electrons. The van der Waals surface area contributed by atoms with E-state index in [4.69, 9.17) is 5.11 Å². The fourth-order valence-corrected chi connectivity index (χ4v) is 0.650. The Kier molecular flexibility index (Phi) is 2.18. The predicted octanol–water partition coefficient (Wildman–Crippen LogP) is 1.22. The highest BCUT2D eigenvalue weighted by Crippen LogP contribution is 2.00. The number of pyridine rings is 1. The van der Waals surface area contributed by atoms with Crippen molar-refractivity contribution in [2.75, 3.05) is 0 Å². The van der Waals surface area contributed by atoms with E-state index in [0.29, 0.717) is 5.69 Å².